The Bertz CT molecular complexity index is 978. The van der Waals surface area contributed by atoms with E-state index in [9.17, 15) is 9.59 Å². The average molecular weight is 347 g/mol. The molecule has 132 valence electrons. The summed E-state index contributed by atoms with van der Waals surface area (Å²) in [4.78, 5) is 29.4. The van der Waals surface area contributed by atoms with Gasteiger partial charge >= 0.3 is 0 Å². The standard InChI is InChI=1S/C21H21N3O2/c1-3-16-8-7-11-18(13-16)23-19(25)14-24-20(26)12-15(2)22-21(24)17-9-5-4-6-10-17/h4-13H,3,14H2,1-2H3,(H,23,25). The van der Waals surface area contributed by atoms with Gasteiger partial charge in [-0.15, -0.1) is 0 Å². The van der Waals surface area contributed by atoms with Gasteiger partial charge in [-0.25, -0.2) is 4.98 Å². The first-order valence-electron chi connectivity index (χ1n) is 8.59. The molecule has 1 aromatic heterocycles. The van der Waals surface area contributed by atoms with Gasteiger partial charge in [0.15, 0.2) is 0 Å². The molecule has 0 saturated heterocycles. The van der Waals surface area contributed by atoms with Crippen LogP contribution in [-0.4, -0.2) is 15.5 Å². The van der Waals surface area contributed by atoms with Crippen molar-refractivity contribution in [3.63, 3.8) is 0 Å². The van der Waals surface area contributed by atoms with E-state index in [0.29, 0.717) is 11.5 Å². The maximum Gasteiger partial charge on any atom is 0.254 e. The third-order valence-corrected chi connectivity index (χ3v) is 4.09. The van der Waals surface area contributed by atoms with Crippen molar-refractivity contribution in [2.75, 3.05) is 5.32 Å². The Kier molecular flexibility index (Phi) is 5.27. The van der Waals surface area contributed by atoms with Crippen LogP contribution >= 0.6 is 0 Å². The van der Waals surface area contributed by atoms with Crippen LogP contribution in [-0.2, 0) is 17.8 Å². The van der Waals surface area contributed by atoms with Gasteiger partial charge in [-0.2, -0.15) is 0 Å². The zero-order chi connectivity index (χ0) is 18.5. The summed E-state index contributed by atoms with van der Waals surface area (Å²) < 4.78 is 1.40. The Morgan fingerprint density at radius 1 is 1.08 bits per heavy atom. The Labute approximate surface area is 152 Å². The molecule has 5 nitrogen and oxygen atoms in total. The minimum absolute atomic E-state index is 0.0906. The van der Waals surface area contributed by atoms with Crippen LogP contribution in [0.4, 0.5) is 5.69 Å². The highest BCUT2D eigenvalue weighted by Crippen LogP contribution is 2.16. The van der Waals surface area contributed by atoms with E-state index in [1.807, 2.05) is 54.6 Å². The summed E-state index contributed by atoms with van der Waals surface area (Å²) in [5.74, 6) is 0.233. The van der Waals surface area contributed by atoms with Crippen LogP contribution in [0.5, 0.6) is 0 Å². The Balaban J connectivity index is 1.89. The zero-order valence-corrected chi connectivity index (χ0v) is 14.9. The number of carbonyl (C=O) groups excluding carboxylic acids is 1. The minimum atomic E-state index is -0.261. The van der Waals surface area contributed by atoms with Crippen LogP contribution in [0.2, 0.25) is 0 Å². The number of aryl methyl sites for hydroxylation is 2. The van der Waals surface area contributed by atoms with Gasteiger partial charge < -0.3 is 5.32 Å². The molecule has 1 amide bonds. The van der Waals surface area contributed by atoms with Crippen molar-refractivity contribution in [3.8, 4) is 11.4 Å². The lowest BCUT2D eigenvalue weighted by Gasteiger charge is -2.13. The van der Waals surface area contributed by atoms with Crippen molar-refractivity contribution >= 4 is 11.6 Å². The van der Waals surface area contributed by atoms with Crippen LogP contribution in [0.1, 0.15) is 18.2 Å². The summed E-state index contributed by atoms with van der Waals surface area (Å²) in [5, 5.41) is 2.86. The second-order valence-corrected chi connectivity index (χ2v) is 6.11. The van der Waals surface area contributed by atoms with Crippen molar-refractivity contribution in [1.29, 1.82) is 0 Å². The monoisotopic (exact) mass is 347 g/mol. The number of nitrogens with zero attached hydrogens (tertiary/aromatic N) is 2. The van der Waals surface area contributed by atoms with Crippen molar-refractivity contribution in [1.82, 2.24) is 9.55 Å². The fourth-order valence-electron chi connectivity index (χ4n) is 2.79. The lowest BCUT2D eigenvalue weighted by Crippen LogP contribution is -2.29. The Morgan fingerprint density at radius 2 is 1.85 bits per heavy atom. The first kappa shape index (κ1) is 17.6. The minimum Gasteiger partial charge on any atom is -0.325 e. The van der Waals surface area contributed by atoms with Crippen molar-refractivity contribution in [2.24, 2.45) is 0 Å². The first-order chi connectivity index (χ1) is 12.6. The van der Waals surface area contributed by atoms with Gasteiger partial charge in [0.2, 0.25) is 5.91 Å². The molecule has 0 aliphatic rings. The molecule has 0 aliphatic heterocycles. The van der Waals surface area contributed by atoms with Gasteiger partial charge in [0.1, 0.15) is 12.4 Å². The number of nitrogens with one attached hydrogen (secondary N) is 1. The predicted molar refractivity (Wildman–Crippen MR) is 103 cm³/mol. The lowest BCUT2D eigenvalue weighted by atomic mass is 10.1. The highest BCUT2D eigenvalue weighted by molar-refractivity contribution is 5.90. The SMILES string of the molecule is CCc1cccc(NC(=O)Cn2c(-c3ccccc3)nc(C)cc2=O)c1. The smallest absolute Gasteiger partial charge is 0.254 e. The van der Waals surface area contributed by atoms with Crippen molar-refractivity contribution in [2.45, 2.75) is 26.8 Å². The summed E-state index contributed by atoms with van der Waals surface area (Å²) in [6, 6.07) is 18.5. The molecule has 0 spiro atoms. The molecule has 5 heteroatoms. The van der Waals surface area contributed by atoms with E-state index in [0.717, 1.165) is 23.2 Å². The van der Waals surface area contributed by atoms with E-state index in [4.69, 9.17) is 0 Å². The molecule has 1 N–H and O–H groups in total. The summed E-state index contributed by atoms with van der Waals surface area (Å²) in [6.07, 6.45) is 0.892. The maximum atomic E-state index is 12.5. The Morgan fingerprint density at radius 3 is 2.58 bits per heavy atom. The van der Waals surface area contributed by atoms with E-state index in [2.05, 4.69) is 17.2 Å². The number of hydrogen-bond acceptors (Lipinski definition) is 3. The third kappa shape index (κ3) is 4.06. The highest BCUT2D eigenvalue weighted by Gasteiger charge is 2.13. The number of benzene rings is 2. The molecule has 0 unspecified atom stereocenters. The van der Waals surface area contributed by atoms with Gasteiger partial charge in [0.05, 0.1) is 0 Å². The molecular weight excluding hydrogens is 326 g/mol. The van der Waals surface area contributed by atoms with Gasteiger partial charge in [0.25, 0.3) is 5.56 Å². The first-order valence-corrected chi connectivity index (χ1v) is 8.59. The zero-order valence-electron chi connectivity index (χ0n) is 14.9. The van der Waals surface area contributed by atoms with E-state index in [1.54, 1.807) is 6.92 Å². The predicted octanol–water partition coefficient (Wildman–Crippen LogP) is 3.42. The summed E-state index contributed by atoms with van der Waals surface area (Å²) in [6.45, 7) is 3.74. The highest BCUT2D eigenvalue weighted by atomic mass is 16.2. The van der Waals surface area contributed by atoms with Gasteiger partial charge in [-0.05, 0) is 31.0 Å². The molecule has 26 heavy (non-hydrogen) atoms. The second kappa shape index (κ2) is 7.78. The summed E-state index contributed by atoms with van der Waals surface area (Å²) in [5.41, 5.74) is 3.05. The number of amides is 1. The lowest BCUT2D eigenvalue weighted by molar-refractivity contribution is -0.116. The van der Waals surface area contributed by atoms with Gasteiger partial charge in [-0.1, -0.05) is 49.4 Å². The van der Waals surface area contributed by atoms with Gasteiger partial charge in [0, 0.05) is 23.0 Å². The number of anilines is 1. The fourth-order valence-corrected chi connectivity index (χ4v) is 2.79. The van der Waals surface area contributed by atoms with E-state index >= 15 is 0 Å². The number of hydrogen-bond donors (Lipinski definition) is 1. The van der Waals surface area contributed by atoms with Crippen LogP contribution in [0.25, 0.3) is 11.4 Å². The van der Waals surface area contributed by atoms with Crippen LogP contribution in [0.15, 0.2) is 65.5 Å². The molecule has 1 heterocycles. The second-order valence-electron chi connectivity index (χ2n) is 6.11. The summed E-state index contributed by atoms with van der Waals surface area (Å²) in [7, 11) is 0. The van der Waals surface area contributed by atoms with E-state index < -0.39 is 0 Å². The molecule has 3 aromatic rings. The topological polar surface area (TPSA) is 64.0 Å². The van der Waals surface area contributed by atoms with Crippen molar-refractivity contribution < 1.29 is 4.79 Å². The average Bonchev–Trinajstić information content (AvgIpc) is 2.64. The Hall–Kier alpha value is -3.21. The molecule has 0 saturated carbocycles. The van der Waals surface area contributed by atoms with Crippen LogP contribution in [0, 0.1) is 6.92 Å². The molecule has 0 radical (unpaired) electrons. The number of rotatable bonds is 5. The van der Waals surface area contributed by atoms with E-state index in [-0.39, 0.29) is 18.0 Å². The third-order valence-electron chi connectivity index (χ3n) is 4.09. The van der Waals surface area contributed by atoms with Crippen molar-refractivity contribution in [3.05, 3.63) is 82.3 Å². The molecule has 0 bridgehead atoms. The van der Waals surface area contributed by atoms with Gasteiger partial charge in [-0.3, -0.25) is 14.2 Å². The molecule has 0 aliphatic carbocycles. The quantitative estimate of drug-likeness (QED) is 0.769. The molecule has 3 rings (SSSR count). The molecule has 0 atom stereocenters. The van der Waals surface area contributed by atoms with E-state index in [1.165, 1.54) is 10.6 Å². The summed E-state index contributed by atoms with van der Waals surface area (Å²) >= 11 is 0. The number of carbonyl (C=O) groups is 1. The maximum absolute atomic E-state index is 12.5. The van der Waals surface area contributed by atoms with Crippen LogP contribution < -0.4 is 10.9 Å². The largest absolute Gasteiger partial charge is 0.325 e. The molecular formula is C21H21N3O2. The normalized spacial score (nSPS) is 10.5. The molecule has 0 fully saturated rings. The van der Waals surface area contributed by atoms with Crippen LogP contribution in [0.3, 0.4) is 0 Å². The number of aromatic nitrogens is 2. The fraction of sp³-hybridized carbons (Fsp3) is 0.190. The molecule has 2 aromatic carbocycles.